The van der Waals surface area contributed by atoms with E-state index < -0.39 is 5.97 Å². The van der Waals surface area contributed by atoms with Gasteiger partial charge in [-0.3, -0.25) is 0 Å². The highest BCUT2D eigenvalue weighted by atomic mass is 32.1. The molecule has 0 saturated heterocycles. The van der Waals surface area contributed by atoms with Gasteiger partial charge in [0, 0.05) is 12.6 Å². The van der Waals surface area contributed by atoms with E-state index in [9.17, 15) is 4.79 Å². The predicted octanol–water partition coefficient (Wildman–Crippen LogP) is 2.91. The lowest BCUT2D eigenvalue weighted by Crippen LogP contribution is -1.98. The molecular weight excluding hydrogens is 274 g/mol. The molecule has 2 aromatic heterocycles. The van der Waals surface area contributed by atoms with Crippen LogP contribution < -0.4 is 0 Å². The normalized spacial score (nSPS) is 10.7. The Bertz CT molecular complexity index is 763. The zero-order valence-electron chi connectivity index (χ0n) is 10.6. The summed E-state index contributed by atoms with van der Waals surface area (Å²) in [5, 5.41) is 15.4. The molecule has 6 heteroatoms. The first-order valence-corrected chi connectivity index (χ1v) is 6.82. The summed E-state index contributed by atoms with van der Waals surface area (Å²) < 4.78 is 1.66. The largest absolute Gasteiger partial charge is 0.478 e. The van der Waals surface area contributed by atoms with Crippen molar-refractivity contribution in [2.24, 2.45) is 7.05 Å². The van der Waals surface area contributed by atoms with Crippen molar-refractivity contribution >= 4 is 17.3 Å². The average Bonchev–Trinajstić information content (AvgIpc) is 3.07. The number of thiophene rings is 1. The fourth-order valence-corrected chi connectivity index (χ4v) is 2.59. The molecule has 0 spiro atoms. The average molecular weight is 285 g/mol. The third-order valence-corrected chi connectivity index (χ3v) is 3.74. The van der Waals surface area contributed by atoms with Crippen molar-refractivity contribution in [3.05, 3.63) is 47.3 Å². The Kier molecular flexibility index (Phi) is 3.08. The molecule has 1 N–H and O–H groups in total. The van der Waals surface area contributed by atoms with Gasteiger partial charge in [-0.1, -0.05) is 18.2 Å². The quantitative estimate of drug-likeness (QED) is 0.803. The van der Waals surface area contributed by atoms with E-state index in [1.165, 1.54) is 0 Å². The zero-order valence-corrected chi connectivity index (χ0v) is 11.5. The molecule has 0 unspecified atom stereocenters. The van der Waals surface area contributed by atoms with Crippen LogP contribution in [-0.4, -0.2) is 25.8 Å². The van der Waals surface area contributed by atoms with Crippen LogP contribution in [0.15, 0.2) is 41.8 Å². The molecule has 0 atom stereocenters. The summed E-state index contributed by atoms with van der Waals surface area (Å²) in [4.78, 5) is 16.5. The van der Waals surface area contributed by atoms with E-state index in [2.05, 4.69) is 10.1 Å². The minimum atomic E-state index is -0.951. The first-order valence-electron chi connectivity index (χ1n) is 5.94. The molecule has 1 aromatic carbocycles. The lowest BCUT2D eigenvalue weighted by molar-refractivity contribution is 0.0697. The third kappa shape index (κ3) is 2.21. The van der Waals surface area contributed by atoms with Crippen LogP contribution in [0.2, 0.25) is 0 Å². The van der Waals surface area contributed by atoms with Gasteiger partial charge in [0.2, 0.25) is 0 Å². The minimum absolute atomic E-state index is 0.239. The molecule has 5 nitrogen and oxygen atoms in total. The highest BCUT2D eigenvalue weighted by Gasteiger charge is 2.13. The summed E-state index contributed by atoms with van der Waals surface area (Å²) in [6.07, 6.45) is 0. The SMILES string of the molecule is Cn1nc(-c2cccs2)nc1-c1cccc(C(=O)O)c1. The van der Waals surface area contributed by atoms with Gasteiger partial charge in [0.25, 0.3) is 0 Å². The van der Waals surface area contributed by atoms with Crippen LogP contribution in [0.5, 0.6) is 0 Å². The zero-order chi connectivity index (χ0) is 14.1. The number of carboxylic acid groups (broad SMARTS) is 1. The van der Waals surface area contributed by atoms with Crippen molar-refractivity contribution in [1.82, 2.24) is 14.8 Å². The van der Waals surface area contributed by atoms with Crippen LogP contribution in [0.1, 0.15) is 10.4 Å². The fourth-order valence-electron chi connectivity index (χ4n) is 1.94. The number of hydrogen-bond acceptors (Lipinski definition) is 4. The molecule has 0 aliphatic heterocycles. The first-order chi connectivity index (χ1) is 9.65. The van der Waals surface area contributed by atoms with Crippen LogP contribution in [-0.2, 0) is 7.05 Å². The summed E-state index contributed by atoms with van der Waals surface area (Å²) in [5.74, 6) is 0.349. The third-order valence-electron chi connectivity index (χ3n) is 2.87. The molecule has 3 rings (SSSR count). The smallest absolute Gasteiger partial charge is 0.335 e. The minimum Gasteiger partial charge on any atom is -0.478 e. The van der Waals surface area contributed by atoms with Crippen molar-refractivity contribution < 1.29 is 9.90 Å². The van der Waals surface area contributed by atoms with E-state index in [4.69, 9.17) is 5.11 Å². The number of nitrogens with zero attached hydrogens (tertiary/aromatic N) is 3. The topological polar surface area (TPSA) is 68.0 Å². The molecule has 0 fully saturated rings. The van der Waals surface area contributed by atoms with Crippen LogP contribution in [0.3, 0.4) is 0 Å². The molecule has 2 heterocycles. The Morgan fingerprint density at radius 1 is 1.30 bits per heavy atom. The van der Waals surface area contributed by atoms with Gasteiger partial charge in [0.15, 0.2) is 11.6 Å². The highest BCUT2D eigenvalue weighted by Crippen LogP contribution is 2.25. The summed E-state index contributed by atoms with van der Waals surface area (Å²) in [5.41, 5.74) is 0.978. The Morgan fingerprint density at radius 3 is 2.85 bits per heavy atom. The number of aromatic nitrogens is 3. The molecule has 100 valence electrons. The second-order valence-corrected chi connectivity index (χ2v) is 5.19. The maximum atomic E-state index is 11.0. The van der Waals surface area contributed by atoms with E-state index in [0.29, 0.717) is 11.6 Å². The van der Waals surface area contributed by atoms with Crippen molar-refractivity contribution in [2.45, 2.75) is 0 Å². The number of carboxylic acids is 1. The van der Waals surface area contributed by atoms with Gasteiger partial charge in [-0.2, -0.15) is 0 Å². The van der Waals surface area contributed by atoms with E-state index in [-0.39, 0.29) is 5.56 Å². The van der Waals surface area contributed by atoms with Crippen LogP contribution in [0.25, 0.3) is 22.1 Å². The maximum absolute atomic E-state index is 11.0. The lowest BCUT2D eigenvalue weighted by Gasteiger charge is -2.01. The van der Waals surface area contributed by atoms with Gasteiger partial charge in [0.05, 0.1) is 10.4 Å². The molecule has 0 bridgehead atoms. The van der Waals surface area contributed by atoms with Crippen molar-refractivity contribution in [3.8, 4) is 22.1 Å². The Labute approximate surface area is 119 Å². The standard InChI is InChI=1S/C14H11N3O2S/c1-17-13(9-4-2-5-10(8-9)14(18)19)15-12(16-17)11-6-3-7-20-11/h2-8H,1H3,(H,18,19). The number of carbonyl (C=O) groups is 1. The lowest BCUT2D eigenvalue weighted by atomic mass is 10.1. The first kappa shape index (κ1) is 12.6. The van der Waals surface area contributed by atoms with E-state index in [0.717, 1.165) is 10.4 Å². The highest BCUT2D eigenvalue weighted by molar-refractivity contribution is 7.13. The number of rotatable bonds is 3. The number of aryl methyl sites for hydroxylation is 1. The van der Waals surface area contributed by atoms with E-state index >= 15 is 0 Å². The molecule has 0 aliphatic rings. The van der Waals surface area contributed by atoms with Crippen molar-refractivity contribution in [2.75, 3.05) is 0 Å². The predicted molar refractivity (Wildman–Crippen MR) is 76.7 cm³/mol. The summed E-state index contributed by atoms with van der Waals surface area (Å²) >= 11 is 1.57. The number of aromatic carboxylic acids is 1. The van der Waals surface area contributed by atoms with Gasteiger partial charge in [-0.25, -0.2) is 14.5 Å². The summed E-state index contributed by atoms with van der Waals surface area (Å²) in [6.45, 7) is 0. The Hall–Kier alpha value is -2.47. The van der Waals surface area contributed by atoms with E-state index in [1.807, 2.05) is 23.6 Å². The summed E-state index contributed by atoms with van der Waals surface area (Å²) in [6, 6.07) is 10.6. The number of benzene rings is 1. The second-order valence-electron chi connectivity index (χ2n) is 4.25. The number of hydrogen-bond donors (Lipinski definition) is 1. The van der Waals surface area contributed by atoms with Gasteiger partial charge < -0.3 is 5.11 Å². The molecule has 3 aromatic rings. The van der Waals surface area contributed by atoms with Gasteiger partial charge in [0.1, 0.15) is 0 Å². The van der Waals surface area contributed by atoms with E-state index in [1.54, 1.807) is 41.3 Å². The molecular formula is C14H11N3O2S. The molecule has 0 amide bonds. The van der Waals surface area contributed by atoms with Crippen molar-refractivity contribution in [1.29, 1.82) is 0 Å². The van der Waals surface area contributed by atoms with Gasteiger partial charge in [-0.15, -0.1) is 16.4 Å². The maximum Gasteiger partial charge on any atom is 0.335 e. The molecule has 20 heavy (non-hydrogen) atoms. The second kappa shape index (κ2) is 4.90. The van der Waals surface area contributed by atoms with Crippen LogP contribution in [0, 0.1) is 0 Å². The monoisotopic (exact) mass is 285 g/mol. The van der Waals surface area contributed by atoms with Crippen LogP contribution >= 0.6 is 11.3 Å². The molecule has 0 radical (unpaired) electrons. The van der Waals surface area contributed by atoms with Gasteiger partial charge in [-0.05, 0) is 23.6 Å². The molecule has 0 saturated carbocycles. The van der Waals surface area contributed by atoms with Crippen molar-refractivity contribution in [3.63, 3.8) is 0 Å². The van der Waals surface area contributed by atoms with Crippen LogP contribution in [0.4, 0.5) is 0 Å². The Morgan fingerprint density at radius 2 is 2.15 bits per heavy atom. The molecule has 0 aliphatic carbocycles. The fraction of sp³-hybridized carbons (Fsp3) is 0.0714. The summed E-state index contributed by atoms with van der Waals surface area (Å²) in [7, 11) is 1.80. The van der Waals surface area contributed by atoms with Gasteiger partial charge >= 0.3 is 5.97 Å². The Balaban J connectivity index is 2.07.